The quantitative estimate of drug-likeness (QED) is 0.558. The molecule has 0 radical (unpaired) electrons. The van der Waals surface area contributed by atoms with Crippen molar-refractivity contribution in [3.63, 3.8) is 0 Å². The summed E-state index contributed by atoms with van der Waals surface area (Å²) in [5.74, 6) is -0.643. The van der Waals surface area contributed by atoms with E-state index in [1.165, 1.54) is 6.92 Å². The van der Waals surface area contributed by atoms with Crippen molar-refractivity contribution in [2.24, 2.45) is 0 Å². The molecule has 0 spiro atoms. The number of nitrogens with zero attached hydrogens (tertiary/aromatic N) is 1. The number of carbonyl (C=O) groups excluding carboxylic acids is 1. The Balaban J connectivity index is 2.77. The van der Waals surface area contributed by atoms with Crippen LogP contribution in [0.3, 0.4) is 0 Å². The lowest BCUT2D eigenvalue weighted by Gasteiger charge is -2.11. The second-order valence-electron chi connectivity index (χ2n) is 2.97. The lowest BCUT2D eigenvalue weighted by Crippen LogP contribution is -2.34. The van der Waals surface area contributed by atoms with Gasteiger partial charge in [-0.3, -0.25) is 9.78 Å². The van der Waals surface area contributed by atoms with Gasteiger partial charge in [-0.15, -0.1) is 5.10 Å². The Hall–Kier alpha value is -2.12. The summed E-state index contributed by atoms with van der Waals surface area (Å²) in [5.41, 5.74) is -1.40. The maximum absolute atomic E-state index is 11.2. The van der Waals surface area contributed by atoms with Gasteiger partial charge in [-0.1, -0.05) is 0 Å². The first-order chi connectivity index (χ1) is 7.54. The first-order valence-electron chi connectivity index (χ1n) is 4.66. The fourth-order valence-electron chi connectivity index (χ4n) is 0.977. The molecule has 0 aliphatic carbocycles. The Labute approximate surface area is 90.0 Å². The van der Waals surface area contributed by atoms with Crippen LogP contribution in [0.2, 0.25) is 0 Å². The van der Waals surface area contributed by atoms with Crippen molar-refractivity contribution in [3.8, 4) is 0 Å². The molecular formula is C8H12N4O4. The highest BCUT2D eigenvalue weighted by Gasteiger charge is 2.15. The third-order valence-corrected chi connectivity index (χ3v) is 1.70. The normalized spacial score (nSPS) is 11.9. The molecule has 1 rings (SSSR count). The third-order valence-electron chi connectivity index (χ3n) is 1.70. The molecule has 0 saturated heterocycles. The Morgan fingerprint density at radius 3 is 2.81 bits per heavy atom. The lowest BCUT2D eigenvalue weighted by molar-refractivity contribution is -0.143. The molecule has 0 aliphatic rings. The van der Waals surface area contributed by atoms with Gasteiger partial charge < -0.3 is 10.1 Å². The minimum atomic E-state index is -0.723. The number of hydrogen-bond donors (Lipinski definition) is 3. The number of hydrogen-bond acceptors (Lipinski definition) is 6. The maximum atomic E-state index is 11.2. The van der Waals surface area contributed by atoms with Crippen molar-refractivity contribution in [2.75, 3.05) is 11.9 Å². The summed E-state index contributed by atoms with van der Waals surface area (Å²) in [6.45, 7) is 3.44. The minimum absolute atomic E-state index is 0.139. The minimum Gasteiger partial charge on any atom is -0.464 e. The van der Waals surface area contributed by atoms with E-state index >= 15 is 0 Å². The van der Waals surface area contributed by atoms with Crippen LogP contribution in [0.15, 0.2) is 9.59 Å². The van der Waals surface area contributed by atoms with Gasteiger partial charge in [0.1, 0.15) is 6.04 Å². The maximum Gasteiger partial charge on any atom is 0.342 e. The number of H-pyrrole nitrogens is 2. The predicted octanol–water partition coefficient (Wildman–Crippen LogP) is -1.18. The zero-order valence-electron chi connectivity index (χ0n) is 8.86. The van der Waals surface area contributed by atoms with Gasteiger partial charge in [0, 0.05) is 0 Å². The fraction of sp³-hybridized carbons (Fsp3) is 0.500. The number of aromatic nitrogens is 3. The van der Waals surface area contributed by atoms with E-state index in [9.17, 15) is 14.4 Å². The van der Waals surface area contributed by atoms with Crippen molar-refractivity contribution in [2.45, 2.75) is 19.9 Å². The molecule has 0 aromatic carbocycles. The monoisotopic (exact) mass is 228 g/mol. The summed E-state index contributed by atoms with van der Waals surface area (Å²) in [6.07, 6.45) is 0. The molecule has 0 fully saturated rings. The van der Waals surface area contributed by atoms with Gasteiger partial charge in [-0.25, -0.2) is 14.7 Å². The third kappa shape index (κ3) is 2.94. The van der Waals surface area contributed by atoms with E-state index in [0.29, 0.717) is 0 Å². The van der Waals surface area contributed by atoms with E-state index in [1.54, 1.807) is 6.92 Å². The molecule has 1 aromatic rings. The van der Waals surface area contributed by atoms with Crippen LogP contribution >= 0.6 is 0 Å². The topological polar surface area (TPSA) is 117 Å². The largest absolute Gasteiger partial charge is 0.464 e. The fourth-order valence-corrected chi connectivity index (χ4v) is 0.977. The molecule has 16 heavy (non-hydrogen) atoms. The van der Waals surface area contributed by atoms with Crippen LogP contribution in [0.5, 0.6) is 0 Å². The van der Waals surface area contributed by atoms with Gasteiger partial charge in [0.2, 0.25) is 5.82 Å². The summed E-state index contributed by atoms with van der Waals surface area (Å²) in [6, 6.07) is -0.723. The van der Waals surface area contributed by atoms with E-state index in [-0.39, 0.29) is 12.4 Å². The number of rotatable bonds is 4. The molecule has 3 N–H and O–H groups in total. The van der Waals surface area contributed by atoms with Gasteiger partial charge in [0.15, 0.2) is 0 Å². The first kappa shape index (κ1) is 12.0. The van der Waals surface area contributed by atoms with E-state index in [4.69, 9.17) is 4.74 Å². The summed E-state index contributed by atoms with van der Waals surface area (Å²) in [5, 5.41) is 8.02. The molecular weight excluding hydrogens is 216 g/mol. The predicted molar refractivity (Wildman–Crippen MR) is 55.2 cm³/mol. The first-order valence-corrected chi connectivity index (χ1v) is 4.66. The van der Waals surface area contributed by atoms with Gasteiger partial charge in [0.05, 0.1) is 6.61 Å². The standard InChI is InChI=1S/C8H12N4O4/c1-3-16-7(14)4(2)9-5-6(13)10-8(15)12-11-5/h4H,3H2,1-2H3,(H,9,11)(H2,10,12,13,15)/t4-/m0/s1. The van der Waals surface area contributed by atoms with Crippen LogP contribution < -0.4 is 16.6 Å². The van der Waals surface area contributed by atoms with E-state index in [2.05, 4.69) is 10.4 Å². The summed E-state index contributed by atoms with van der Waals surface area (Å²) >= 11 is 0. The van der Waals surface area contributed by atoms with Crippen LogP contribution in [-0.2, 0) is 9.53 Å². The molecule has 8 nitrogen and oxygen atoms in total. The molecule has 88 valence electrons. The Bertz CT molecular complexity index is 477. The highest BCUT2D eigenvalue weighted by Crippen LogP contribution is 1.95. The van der Waals surface area contributed by atoms with Crippen molar-refractivity contribution >= 4 is 11.8 Å². The van der Waals surface area contributed by atoms with Gasteiger partial charge in [-0.05, 0) is 13.8 Å². The van der Waals surface area contributed by atoms with Crippen LogP contribution in [0.1, 0.15) is 13.8 Å². The highest BCUT2D eigenvalue weighted by molar-refractivity contribution is 5.78. The van der Waals surface area contributed by atoms with E-state index < -0.39 is 23.3 Å². The van der Waals surface area contributed by atoms with Crippen LogP contribution in [0.4, 0.5) is 5.82 Å². The van der Waals surface area contributed by atoms with E-state index in [1.807, 2.05) is 10.1 Å². The van der Waals surface area contributed by atoms with Crippen LogP contribution in [0, 0.1) is 0 Å². The number of aromatic amines is 2. The average molecular weight is 228 g/mol. The molecule has 0 bridgehead atoms. The van der Waals surface area contributed by atoms with Crippen LogP contribution in [0.25, 0.3) is 0 Å². The highest BCUT2D eigenvalue weighted by atomic mass is 16.5. The summed E-state index contributed by atoms with van der Waals surface area (Å²) < 4.78 is 4.73. The Kier molecular flexibility index (Phi) is 3.81. The molecule has 0 aliphatic heterocycles. The number of esters is 1. The lowest BCUT2D eigenvalue weighted by atomic mass is 10.3. The summed E-state index contributed by atoms with van der Waals surface area (Å²) in [4.78, 5) is 35.1. The molecule has 1 atom stereocenters. The molecule has 0 unspecified atom stereocenters. The molecule has 1 heterocycles. The zero-order chi connectivity index (χ0) is 12.1. The van der Waals surface area contributed by atoms with Crippen molar-refractivity contribution in [1.82, 2.24) is 15.2 Å². The van der Waals surface area contributed by atoms with Gasteiger partial charge in [-0.2, -0.15) is 0 Å². The van der Waals surface area contributed by atoms with E-state index in [0.717, 1.165) is 0 Å². The average Bonchev–Trinajstić information content (AvgIpc) is 2.22. The SMILES string of the molecule is CCOC(=O)[C@H](C)Nc1n[nH]c(=O)[nH]c1=O. The number of ether oxygens (including phenoxy) is 1. The van der Waals surface area contributed by atoms with Crippen LogP contribution in [-0.4, -0.2) is 33.8 Å². The Morgan fingerprint density at radius 2 is 2.25 bits per heavy atom. The summed E-state index contributed by atoms with van der Waals surface area (Å²) in [7, 11) is 0. The number of carbonyl (C=O) groups is 1. The van der Waals surface area contributed by atoms with Crippen molar-refractivity contribution in [1.29, 1.82) is 0 Å². The van der Waals surface area contributed by atoms with Crippen molar-refractivity contribution < 1.29 is 9.53 Å². The van der Waals surface area contributed by atoms with Crippen molar-refractivity contribution in [3.05, 3.63) is 20.8 Å². The zero-order valence-corrected chi connectivity index (χ0v) is 8.86. The Morgan fingerprint density at radius 1 is 1.56 bits per heavy atom. The second kappa shape index (κ2) is 5.10. The molecule has 8 heteroatoms. The molecule has 0 amide bonds. The van der Waals surface area contributed by atoms with Gasteiger partial charge in [0.25, 0.3) is 5.56 Å². The van der Waals surface area contributed by atoms with Gasteiger partial charge >= 0.3 is 11.7 Å². The number of anilines is 1. The molecule has 1 aromatic heterocycles. The second-order valence-corrected chi connectivity index (χ2v) is 2.97. The molecule has 0 saturated carbocycles. The number of nitrogens with one attached hydrogen (secondary N) is 3. The smallest absolute Gasteiger partial charge is 0.342 e.